The minimum Gasteiger partial charge on any atom is -0.384 e. The number of rotatable bonds is 8. The summed E-state index contributed by atoms with van der Waals surface area (Å²) in [7, 11) is -1.74. The van der Waals surface area contributed by atoms with E-state index in [1.165, 1.54) is 24.9 Å². The molecule has 0 radical (unpaired) electrons. The molecule has 0 spiro atoms. The standard InChI is InChI=1S/C26H36N2O3S/c1-21-4-3-16-27(21)17-13-22-5-7-24(8-6-22)25-9-11-26(12-10-25)32(29,30)28-18-14-23(15-19-28)20-31-2/h5-12,21,23H,3-4,13-20H2,1-2H3. The van der Waals surface area contributed by atoms with Crippen molar-refractivity contribution in [2.24, 2.45) is 5.92 Å². The summed E-state index contributed by atoms with van der Waals surface area (Å²) in [6.45, 7) is 6.50. The van der Waals surface area contributed by atoms with Crippen molar-refractivity contribution in [2.45, 2.75) is 50.0 Å². The van der Waals surface area contributed by atoms with Crippen molar-refractivity contribution in [3.05, 3.63) is 54.1 Å². The fourth-order valence-electron chi connectivity index (χ4n) is 4.98. The van der Waals surface area contributed by atoms with Gasteiger partial charge in [-0.2, -0.15) is 4.31 Å². The lowest BCUT2D eigenvalue weighted by Crippen LogP contribution is -2.39. The number of ether oxygens (including phenoxy) is 1. The number of likely N-dealkylation sites (tertiary alicyclic amines) is 1. The third-order valence-electron chi connectivity index (χ3n) is 7.13. The van der Waals surface area contributed by atoms with Gasteiger partial charge in [-0.3, -0.25) is 0 Å². The highest BCUT2D eigenvalue weighted by Gasteiger charge is 2.29. The normalized spacial score (nSPS) is 21.2. The zero-order chi connectivity index (χ0) is 22.6. The van der Waals surface area contributed by atoms with E-state index in [4.69, 9.17) is 4.74 Å². The van der Waals surface area contributed by atoms with Gasteiger partial charge >= 0.3 is 0 Å². The molecule has 0 amide bonds. The number of hydrogen-bond acceptors (Lipinski definition) is 4. The van der Waals surface area contributed by atoms with Gasteiger partial charge in [-0.25, -0.2) is 8.42 Å². The summed E-state index contributed by atoms with van der Waals surface area (Å²) in [4.78, 5) is 2.95. The van der Waals surface area contributed by atoms with Gasteiger partial charge in [0.1, 0.15) is 0 Å². The van der Waals surface area contributed by atoms with Crippen LogP contribution in [0.15, 0.2) is 53.4 Å². The smallest absolute Gasteiger partial charge is 0.243 e. The largest absolute Gasteiger partial charge is 0.384 e. The van der Waals surface area contributed by atoms with Crippen LogP contribution in [0.3, 0.4) is 0 Å². The van der Waals surface area contributed by atoms with E-state index in [1.54, 1.807) is 23.5 Å². The van der Waals surface area contributed by atoms with Crippen LogP contribution >= 0.6 is 0 Å². The van der Waals surface area contributed by atoms with E-state index >= 15 is 0 Å². The molecule has 0 saturated carbocycles. The molecule has 174 valence electrons. The van der Waals surface area contributed by atoms with Crippen LogP contribution in [0.1, 0.15) is 38.2 Å². The highest BCUT2D eigenvalue weighted by Crippen LogP contribution is 2.27. The van der Waals surface area contributed by atoms with E-state index in [0.717, 1.165) is 36.9 Å². The van der Waals surface area contributed by atoms with Crippen LogP contribution < -0.4 is 0 Å². The second-order valence-electron chi connectivity index (χ2n) is 9.30. The lowest BCUT2D eigenvalue weighted by molar-refractivity contribution is 0.121. The monoisotopic (exact) mass is 456 g/mol. The maximum atomic E-state index is 13.0. The molecule has 32 heavy (non-hydrogen) atoms. The lowest BCUT2D eigenvalue weighted by atomic mass is 9.99. The number of benzene rings is 2. The first-order valence-corrected chi connectivity index (χ1v) is 13.3. The van der Waals surface area contributed by atoms with Crippen molar-refractivity contribution in [3.8, 4) is 11.1 Å². The molecule has 4 rings (SSSR count). The summed E-state index contributed by atoms with van der Waals surface area (Å²) in [5.74, 6) is 0.454. The number of methoxy groups -OCH3 is 1. The molecule has 0 aliphatic carbocycles. The molecule has 1 atom stereocenters. The van der Waals surface area contributed by atoms with Crippen molar-refractivity contribution in [2.75, 3.05) is 39.9 Å². The summed E-state index contributed by atoms with van der Waals surface area (Å²) in [5.41, 5.74) is 3.51. The van der Waals surface area contributed by atoms with Crippen LogP contribution in [0.5, 0.6) is 0 Å². The van der Waals surface area contributed by atoms with Gasteiger partial charge in [0.2, 0.25) is 10.0 Å². The van der Waals surface area contributed by atoms with E-state index < -0.39 is 10.0 Å². The van der Waals surface area contributed by atoms with E-state index in [2.05, 4.69) is 36.1 Å². The minimum atomic E-state index is -3.44. The molecule has 1 unspecified atom stereocenters. The summed E-state index contributed by atoms with van der Waals surface area (Å²) >= 11 is 0. The molecule has 2 fully saturated rings. The molecule has 2 aromatic carbocycles. The Morgan fingerprint density at radius 3 is 2.09 bits per heavy atom. The molecule has 2 aliphatic rings. The lowest BCUT2D eigenvalue weighted by Gasteiger charge is -2.30. The molecular formula is C26H36N2O3S. The first-order chi connectivity index (χ1) is 15.5. The van der Waals surface area contributed by atoms with Gasteiger partial charge in [0.25, 0.3) is 0 Å². The van der Waals surface area contributed by atoms with E-state index in [1.807, 2.05) is 12.1 Å². The summed E-state index contributed by atoms with van der Waals surface area (Å²) < 4.78 is 32.9. The second kappa shape index (κ2) is 10.5. The SMILES string of the molecule is COCC1CCN(S(=O)(=O)c2ccc(-c3ccc(CCN4CCCC4C)cc3)cc2)CC1. The Bertz CT molecular complexity index is 965. The quantitative estimate of drug-likeness (QED) is 0.590. The number of hydrogen-bond donors (Lipinski definition) is 0. The molecule has 2 saturated heterocycles. The average Bonchev–Trinajstić information content (AvgIpc) is 3.23. The van der Waals surface area contributed by atoms with Gasteiger partial charge in [0, 0.05) is 39.4 Å². The number of piperidine rings is 1. The van der Waals surface area contributed by atoms with Gasteiger partial charge in [0.15, 0.2) is 0 Å². The van der Waals surface area contributed by atoms with Crippen LogP contribution in [0.2, 0.25) is 0 Å². The van der Waals surface area contributed by atoms with E-state index in [9.17, 15) is 8.42 Å². The Labute approximate surface area is 193 Å². The molecule has 0 bridgehead atoms. The zero-order valence-electron chi connectivity index (χ0n) is 19.4. The van der Waals surface area contributed by atoms with Crippen molar-refractivity contribution in [1.82, 2.24) is 9.21 Å². The van der Waals surface area contributed by atoms with Crippen LogP contribution in [0.4, 0.5) is 0 Å². The first kappa shape index (κ1) is 23.4. The van der Waals surface area contributed by atoms with Crippen LogP contribution in [0, 0.1) is 5.92 Å². The van der Waals surface area contributed by atoms with Gasteiger partial charge < -0.3 is 9.64 Å². The molecule has 0 N–H and O–H groups in total. The average molecular weight is 457 g/mol. The molecule has 2 heterocycles. The van der Waals surface area contributed by atoms with E-state index in [-0.39, 0.29) is 0 Å². The highest BCUT2D eigenvalue weighted by atomic mass is 32.2. The predicted octanol–water partition coefficient (Wildman–Crippen LogP) is 4.43. The molecule has 5 nitrogen and oxygen atoms in total. The fourth-order valence-corrected chi connectivity index (χ4v) is 6.45. The molecule has 6 heteroatoms. The second-order valence-corrected chi connectivity index (χ2v) is 11.2. The highest BCUT2D eigenvalue weighted by molar-refractivity contribution is 7.89. The van der Waals surface area contributed by atoms with E-state index in [0.29, 0.717) is 36.6 Å². The topological polar surface area (TPSA) is 49.9 Å². The molecule has 2 aliphatic heterocycles. The fraction of sp³-hybridized carbons (Fsp3) is 0.538. The van der Waals surface area contributed by atoms with Gasteiger partial charge in [-0.05, 0) is 80.3 Å². The third kappa shape index (κ3) is 5.42. The van der Waals surface area contributed by atoms with Crippen molar-refractivity contribution in [1.29, 1.82) is 0 Å². The Balaban J connectivity index is 1.36. The van der Waals surface area contributed by atoms with Crippen LogP contribution in [-0.2, 0) is 21.2 Å². The summed E-state index contributed by atoms with van der Waals surface area (Å²) in [5, 5.41) is 0. The van der Waals surface area contributed by atoms with Gasteiger partial charge in [-0.1, -0.05) is 36.4 Å². The minimum absolute atomic E-state index is 0.378. The zero-order valence-corrected chi connectivity index (χ0v) is 20.2. The Morgan fingerprint density at radius 1 is 0.906 bits per heavy atom. The van der Waals surface area contributed by atoms with Gasteiger partial charge in [0.05, 0.1) is 4.90 Å². The van der Waals surface area contributed by atoms with Crippen molar-refractivity contribution >= 4 is 10.0 Å². The molecule has 0 aromatic heterocycles. The van der Waals surface area contributed by atoms with Crippen molar-refractivity contribution < 1.29 is 13.2 Å². The maximum absolute atomic E-state index is 13.0. The number of sulfonamides is 1. The third-order valence-corrected chi connectivity index (χ3v) is 9.05. The number of nitrogens with zero attached hydrogens (tertiary/aromatic N) is 2. The van der Waals surface area contributed by atoms with Crippen LogP contribution in [-0.4, -0.2) is 63.6 Å². The Kier molecular flexibility index (Phi) is 7.66. The Hall–Kier alpha value is -1.73. The Morgan fingerprint density at radius 2 is 1.53 bits per heavy atom. The van der Waals surface area contributed by atoms with Gasteiger partial charge in [-0.15, -0.1) is 0 Å². The first-order valence-electron chi connectivity index (χ1n) is 11.9. The maximum Gasteiger partial charge on any atom is 0.243 e. The predicted molar refractivity (Wildman–Crippen MR) is 129 cm³/mol. The summed E-state index contributed by atoms with van der Waals surface area (Å²) in [6.07, 6.45) is 5.42. The molecular weight excluding hydrogens is 420 g/mol. The van der Waals surface area contributed by atoms with Crippen molar-refractivity contribution in [3.63, 3.8) is 0 Å². The van der Waals surface area contributed by atoms with Crippen LogP contribution in [0.25, 0.3) is 11.1 Å². The summed E-state index contributed by atoms with van der Waals surface area (Å²) in [6, 6.07) is 16.7. The molecule has 2 aromatic rings.